The maximum absolute atomic E-state index is 13.0. The first-order valence-corrected chi connectivity index (χ1v) is 12.3. The number of hydrogen-bond donors (Lipinski definition) is 1. The second-order valence-electron chi connectivity index (χ2n) is 7.00. The molecule has 0 spiro atoms. The summed E-state index contributed by atoms with van der Waals surface area (Å²) in [6, 6.07) is 4.46. The fourth-order valence-corrected chi connectivity index (χ4v) is 6.51. The van der Waals surface area contributed by atoms with Gasteiger partial charge in [0.15, 0.2) is 9.84 Å². The minimum absolute atomic E-state index is 0.00989. The van der Waals surface area contributed by atoms with Crippen LogP contribution in [0.2, 0.25) is 0 Å². The second-order valence-corrected chi connectivity index (χ2v) is 10.8. The summed E-state index contributed by atoms with van der Waals surface area (Å²) in [5.41, 5.74) is 0.325. The molecule has 1 aromatic carbocycles. The number of anilines is 1. The Morgan fingerprint density at radius 1 is 1.25 bits per heavy atom. The average molecular weight is 429 g/mol. The number of sulfone groups is 1. The lowest BCUT2D eigenvalue weighted by molar-refractivity contribution is -0.116. The molecule has 10 heteroatoms. The topological polar surface area (TPSA) is 110 Å². The molecule has 0 bridgehead atoms. The Bertz CT molecular complexity index is 979. The van der Waals surface area contributed by atoms with Gasteiger partial charge < -0.3 is 10.1 Å². The molecular formula is C18H24N2O6S2. The van der Waals surface area contributed by atoms with Crippen LogP contribution in [0.25, 0.3) is 0 Å². The summed E-state index contributed by atoms with van der Waals surface area (Å²) in [7, 11) is -5.56. The zero-order valence-corrected chi connectivity index (χ0v) is 17.3. The maximum atomic E-state index is 13.0. The van der Waals surface area contributed by atoms with E-state index in [4.69, 9.17) is 4.74 Å². The van der Waals surface area contributed by atoms with Crippen LogP contribution in [-0.4, -0.2) is 53.0 Å². The van der Waals surface area contributed by atoms with Crippen molar-refractivity contribution >= 4 is 31.5 Å². The van der Waals surface area contributed by atoms with Gasteiger partial charge in [0.1, 0.15) is 10.6 Å². The first-order chi connectivity index (χ1) is 13.2. The summed E-state index contributed by atoms with van der Waals surface area (Å²) in [6.07, 6.45) is 4.15. The van der Waals surface area contributed by atoms with E-state index in [1.807, 2.05) is 0 Å². The molecule has 2 aliphatic rings. The van der Waals surface area contributed by atoms with Crippen molar-refractivity contribution in [1.29, 1.82) is 0 Å². The number of allylic oxidation sites excluding steroid dienone is 1. The molecular weight excluding hydrogens is 404 g/mol. The number of carbonyl (C=O) groups is 1. The molecule has 3 rings (SSSR count). The Morgan fingerprint density at radius 3 is 2.57 bits per heavy atom. The van der Waals surface area contributed by atoms with E-state index in [9.17, 15) is 21.6 Å². The molecule has 1 N–H and O–H groups in total. The molecule has 1 aromatic rings. The third-order valence-corrected chi connectivity index (χ3v) is 8.22. The summed E-state index contributed by atoms with van der Waals surface area (Å²) < 4.78 is 55.6. The van der Waals surface area contributed by atoms with Crippen LogP contribution in [0.5, 0.6) is 5.75 Å². The Balaban J connectivity index is 1.77. The van der Waals surface area contributed by atoms with E-state index >= 15 is 0 Å². The van der Waals surface area contributed by atoms with Crippen LogP contribution in [-0.2, 0) is 24.7 Å². The average Bonchev–Trinajstić information content (AvgIpc) is 3.00. The smallest absolute Gasteiger partial charge is 0.246 e. The number of amides is 1. The summed E-state index contributed by atoms with van der Waals surface area (Å²) in [5.74, 6) is -0.621. The van der Waals surface area contributed by atoms with Gasteiger partial charge in [-0.3, -0.25) is 4.79 Å². The predicted molar refractivity (Wildman–Crippen MR) is 105 cm³/mol. The molecule has 28 heavy (non-hydrogen) atoms. The van der Waals surface area contributed by atoms with Crippen LogP contribution in [0.4, 0.5) is 5.69 Å². The van der Waals surface area contributed by atoms with E-state index in [1.165, 1.54) is 29.6 Å². The van der Waals surface area contributed by atoms with Crippen LogP contribution in [0, 0.1) is 5.92 Å². The van der Waals surface area contributed by atoms with Crippen LogP contribution in [0.3, 0.4) is 0 Å². The summed E-state index contributed by atoms with van der Waals surface area (Å²) in [5, 5.41) is 3.78. The number of hydrogen-bond acceptors (Lipinski definition) is 6. The van der Waals surface area contributed by atoms with Gasteiger partial charge in [0.2, 0.25) is 15.9 Å². The standard InChI is InChI=1S/C18H24N2O6S2/c1-26-16-6-5-15(19-18(21)11-14-7-10-27(22,23)13-14)12-17(16)28(24,25)20-8-3-2-4-9-20/h5-7,10,12,14H,2-4,8-9,11,13H2,1H3,(H,19,21). The van der Waals surface area contributed by atoms with Crippen molar-refractivity contribution in [2.45, 2.75) is 30.6 Å². The van der Waals surface area contributed by atoms with E-state index in [0.717, 1.165) is 24.7 Å². The largest absolute Gasteiger partial charge is 0.495 e. The fourth-order valence-electron chi connectivity index (χ4n) is 3.42. The van der Waals surface area contributed by atoms with Crippen molar-refractivity contribution in [3.8, 4) is 5.75 Å². The summed E-state index contributed by atoms with van der Waals surface area (Å²) in [4.78, 5) is 12.3. The number of nitrogens with one attached hydrogen (secondary N) is 1. The first-order valence-electron chi connectivity index (χ1n) is 9.10. The van der Waals surface area contributed by atoms with Crippen LogP contribution in [0.1, 0.15) is 25.7 Å². The number of sulfonamides is 1. The number of nitrogens with zero attached hydrogens (tertiary/aromatic N) is 1. The molecule has 1 saturated heterocycles. The molecule has 2 heterocycles. The normalized spacial score (nSPS) is 22.1. The van der Waals surface area contributed by atoms with Gasteiger partial charge in [-0.25, -0.2) is 16.8 Å². The molecule has 1 atom stereocenters. The molecule has 1 amide bonds. The fraction of sp³-hybridized carbons (Fsp3) is 0.500. The van der Waals surface area contributed by atoms with E-state index in [2.05, 4.69) is 5.32 Å². The lowest BCUT2D eigenvalue weighted by atomic mass is 10.1. The summed E-state index contributed by atoms with van der Waals surface area (Å²) >= 11 is 0. The van der Waals surface area contributed by atoms with Crippen LogP contribution < -0.4 is 10.1 Å². The molecule has 0 saturated carbocycles. The number of ether oxygens (including phenoxy) is 1. The Hall–Kier alpha value is -1.91. The van der Waals surface area contributed by atoms with Crippen molar-refractivity contribution in [3.05, 3.63) is 29.7 Å². The van der Waals surface area contributed by atoms with Crippen LogP contribution in [0.15, 0.2) is 34.6 Å². The molecule has 8 nitrogen and oxygen atoms in total. The van der Waals surface area contributed by atoms with Gasteiger partial charge in [0.05, 0.1) is 12.9 Å². The van der Waals surface area contributed by atoms with Crippen molar-refractivity contribution in [2.75, 3.05) is 31.3 Å². The number of benzene rings is 1. The lowest BCUT2D eigenvalue weighted by Gasteiger charge is -2.26. The SMILES string of the molecule is COc1ccc(NC(=O)CC2C=CS(=O)(=O)C2)cc1S(=O)(=O)N1CCCCC1. The molecule has 0 aromatic heterocycles. The van der Waals surface area contributed by atoms with Crippen molar-refractivity contribution in [2.24, 2.45) is 5.92 Å². The highest BCUT2D eigenvalue weighted by Gasteiger charge is 2.29. The zero-order valence-electron chi connectivity index (χ0n) is 15.6. The third-order valence-electron chi connectivity index (χ3n) is 4.83. The molecule has 2 aliphatic heterocycles. The van der Waals surface area contributed by atoms with Crippen molar-refractivity contribution in [1.82, 2.24) is 4.31 Å². The number of methoxy groups -OCH3 is 1. The molecule has 0 radical (unpaired) electrons. The van der Waals surface area contributed by atoms with Gasteiger partial charge in [-0.2, -0.15) is 4.31 Å². The van der Waals surface area contributed by atoms with E-state index in [0.29, 0.717) is 18.8 Å². The molecule has 154 valence electrons. The zero-order chi connectivity index (χ0) is 20.4. The van der Waals surface area contributed by atoms with E-state index in [-0.39, 0.29) is 34.6 Å². The van der Waals surface area contributed by atoms with Crippen molar-refractivity contribution < 1.29 is 26.4 Å². The first kappa shape index (κ1) is 20.8. The molecule has 1 fully saturated rings. The Morgan fingerprint density at radius 2 is 1.96 bits per heavy atom. The highest BCUT2D eigenvalue weighted by atomic mass is 32.2. The van der Waals surface area contributed by atoms with Crippen LogP contribution >= 0.6 is 0 Å². The maximum Gasteiger partial charge on any atom is 0.246 e. The van der Waals surface area contributed by atoms with Gasteiger partial charge >= 0.3 is 0 Å². The van der Waals surface area contributed by atoms with Gasteiger partial charge in [0.25, 0.3) is 0 Å². The minimum Gasteiger partial charge on any atom is -0.495 e. The van der Waals surface area contributed by atoms with Crippen molar-refractivity contribution in [3.63, 3.8) is 0 Å². The minimum atomic E-state index is -3.73. The van der Waals surface area contributed by atoms with Gasteiger partial charge in [-0.05, 0) is 31.0 Å². The number of rotatable bonds is 6. The Labute approximate surface area is 165 Å². The highest BCUT2D eigenvalue weighted by molar-refractivity contribution is 7.94. The third kappa shape index (κ3) is 4.73. The predicted octanol–water partition coefficient (Wildman–Crippen LogP) is 1.76. The monoisotopic (exact) mass is 428 g/mol. The van der Waals surface area contributed by atoms with Gasteiger partial charge in [-0.1, -0.05) is 12.5 Å². The summed E-state index contributed by atoms with van der Waals surface area (Å²) in [6.45, 7) is 0.926. The number of piperidine rings is 1. The highest BCUT2D eigenvalue weighted by Crippen LogP contribution is 2.31. The quantitative estimate of drug-likeness (QED) is 0.739. The van der Waals surface area contributed by atoms with Gasteiger partial charge in [0, 0.05) is 36.5 Å². The van der Waals surface area contributed by atoms with Gasteiger partial charge in [-0.15, -0.1) is 0 Å². The molecule has 1 unspecified atom stereocenters. The lowest BCUT2D eigenvalue weighted by Crippen LogP contribution is -2.35. The van der Waals surface area contributed by atoms with E-state index < -0.39 is 19.9 Å². The second kappa shape index (κ2) is 8.22. The molecule has 0 aliphatic carbocycles. The van der Waals surface area contributed by atoms with E-state index in [1.54, 1.807) is 6.07 Å². The number of carbonyl (C=O) groups excluding carboxylic acids is 1. The Kier molecular flexibility index (Phi) is 6.11.